The van der Waals surface area contributed by atoms with E-state index in [1.165, 1.54) is 0 Å². The summed E-state index contributed by atoms with van der Waals surface area (Å²) in [6.07, 6.45) is 4.01. The van der Waals surface area contributed by atoms with Crippen LogP contribution in [-0.4, -0.2) is 46.3 Å². The summed E-state index contributed by atoms with van der Waals surface area (Å²) >= 11 is 0. The Balaban J connectivity index is 0.00000180. The number of hydrogen-bond acceptors (Lipinski definition) is 4. The van der Waals surface area contributed by atoms with Gasteiger partial charge in [0, 0.05) is 37.8 Å². The van der Waals surface area contributed by atoms with Crippen molar-refractivity contribution in [2.75, 3.05) is 19.7 Å². The zero-order chi connectivity index (χ0) is 13.1. The Kier molecular flexibility index (Phi) is 8.12. The number of amides is 1. The molecule has 0 aliphatic carbocycles. The minimum atomic E-state index is -0.0998. The molecule has 2 N–H and O–H groups in total. The summed E-state index contributed by atoms with van der Waals surface area (Å²) in [7, 11) is 1.87. The van der Waals surface area contributed by atoms with Crippen molar-refractivity contribution in [2.45, 2.75) is 25.5 Å². The Morgan fingerprint density at radius 2 is 2.30 bits per heavy atom. The SMILES string of the molecule is CC(N)CC(=O)N1CCOC(c2cnn(C)c2)C1.Cl.Cl. The summed E-state index contributed by atoms with van der Waals surface area (Å²) in [5.74, 6) is 0.0993. The van der Waals surface area contributed by atoms with Crippen LogP contribution < -0.4 is 5.73 Å². The molecule has 8 heteroatoms. The van der Waals surface area contributed by atoms with Gasteiger partial charge in [-0.3, -0.25) is 9.48 Å². The van der Waals surface area contributed by atoms with Crippen LogP contribution in [0.2, 0.25) is 0 Å². The molecule has 1 aromatic heterocycles. The van der Waals surface area contributed by atoms with E-state index in [1.54, 1.807) is 10.9 Å². The average Bonchev–Trinajstić information content (AvgIpc) is 2.75. The van der Waals surface area contributed by atoms with Crippen LogP contribution in [0.15, 0.2) is 12.4 Å². The first-order chi connectivity index (χ1) is 8.56. The van der Waals surface area contributed by atoms with E-state index in [2.05, 4.69) is 5.10 Å². The monoisotopic (exact) mass is 324 g/mol. The van der Waals surface area contributed by atoms with Gasteiger partial charge in [0.2, 0.25) is 5.91 Å². The van der Waals surface area contributed by atoms with Gasteiger partial charge in [0.25, 0.3) is 0 Å². The van der Waals surface area contributed by atoms with Gasteiger partial charge in [-0.2, -0.15) is 5.10 Å². The largest absolute Gasteiger partial charge is 0.370 e. The van der Waals surface area contributed by atoms with Crippen molar-refractivity contribution >= 4 is 30.7 Å². The predicted molar refractivity (Wildman–Crippen MR) is 81.2 cm³/mol. The normalized spacial score (nSPS) is 19.8. The van der Waals surface area contributed by atoms with Crippen molar-refractivity contribution in [1.82, 2.24) is 14.7 Å². The molecular weight excluding hydrogens is 303 g/mol. The topological polar surface area (TPSA) is 73.4 Å². The van der Waals surface area contributed by atoms with Gasteiger partial charge in [-0.05, 0) is 6.92 Å². The van der Waals surface area contributed by atoms with E-state index in [-0.39, 0.29) is 42.9 Å². The first kappa shape index (κ1) is 19.2. The Bertz CT molecular complexity index is 425. The zero-order valence-corrected chi connectivity index (χ0v) is 13.3. The molecule has 2 atom stereocenters. The Labute approximate surface area is 131 Å². The molecule has 1 aliphatic rings. The minimum absolute atomic E-state index is 0. The molecule has 0 saturated carbocycles. The number of halogens is 2. The van der Waals surface area contributed by atoms with Gasteiger partial charge in [0.05, 0.1) is 19.3 Å². The highest BCUT2D eigenvalue weighted by molar-refractivity contribution is 5.85. The van der Waals surface area contributed by atoms with Gasteiger partial charge in [-0.25, -0.2) is 0 Å². The number of carbonyl (C=O) groups is 1. The minimum Gasteiger partial charge on any atom is -0.370 e. The fourth-order valence-electron chi connectivity index (χ4n) is 2.09. The lowest BCUT2D eigenvalue weighted by atomic mass is 10.1. The number of carbonyl (C=O) groups excluding carboxylic acids is 1. The van der Waals surface area contributed by atoms with E-state index in [0.717, 1.165) is 5.56 Å². The number of hydrogen-bond donors (Lipinski definition) is 1. The highest BCUT2D eigenvalue weighted by Crippen LogP contribution is 2.21. The van der Waals surface area contributed by atoms with Gasteiger partial charge < -0.3 is 15.4 Å². The summed E-state index contributed by atoms with van der Waals surface area (Å²) < 4.78 is 7.42. The summed E-state index contributed by atoms with van der Waals surface area (Å²) in [5, 5.41) is 4.12. The lowest BCUT2D eigenvalue weighted by Crippen LogP contribution is -2.43. The molecule has 1 aliphatic heterocycles. The highest BCUT2D eigenvalue weighted by Gasteiger charge is 2.26. The number of nitrogens with zero attached hydrogens (tertiary/aromatic N) is 3. The zero-order valence-electron chi connectivity index (χ0n) is 11.7. The molecule has 0 radical (unpaired) electrons. The molecule has 116 valence electrons. The number of aromatic nitrogens is 2. The fraction of sp³-hybridized carbons (Fsp3) is 0.667. The molecule has 2 rings (SSSR count). The Morgan fingerprint density at radius 3 is 2.85 bits per heavy atom. The van der Waals surface area contributed by atoms with Gasteiger partial charge >= 0.3 is 0 Å². The highest BCUT2D eigenvalue weighted by atomic mass is 35.5. The first-order valence-corrected chi connectivity index (χ1v) is 6.19. The maximum atomic E-state index is 12.0. The summed E-state index contributed by atoms with van der Waals surface area (Å²) in [6, 6.07) is -0.0998. The van der Waals surface area contributed by atoms with E-state index >= 15 is 0 Å². The van der Waals surface area contributed by atoms with Gasteiger partial charge in [-0.1, -0.05) is 0 Å². The van der Waals surface area contributed by atoms with Crippen molar-refractivity contribution in [2.24, 2.45) is 12.8 Å². The third-order valence-corrected chi connectivity index (χ3v) is 3.01. The van der Waals surface area contributed by atoms with E-state index < -0.39 is 0 Å². The second kappa shape index (κ2) is 8.46. The maximum absolute atomic E-state index is 12.0. The molecule has 1 fully saturated rings. The number of ether oxygens (including phenoxy) is 1. The third-order valence-electron chi connectivity index (χ3n) is 3.01. The maximum Gasteiger partial charge on any atom is 0.224 e. The third kappa shape index (κ3) is 4.94. The molecule has 2 unspecified atom stereocenters. The van der Waals surface area contributed by atoms with Crippen LogP contribution in [0.25, 0.3) is 0 Å². The van der Waals surface area contributed by atoms with E-state index in [4.69, 9.17) is 10.5 Å². The molecule has 0 aromatic carbocycles. The van der Waals surface area contributed by atoms with Crippen molar-refractivity contribution in [3.05, 3.63) is 18.0 Å². The lowest BCUT2D eigenvalue weighted by Gasteiger charge is -2.33. The molecule has 1 aromatic rings. The lowest BCUT2D eigenvalue weighted by molar-refractivity contribution is -0.139. The number of aryl methyl sites for hydroxylation is 1. The second-order valence-corrected chi connectivity index (χ2v) is 4.83. The van der Waals surface area contributed by atoms with Gasteiger partial charge in [0.15, 0.2) is 0 Å². The average molecular weight is 325 g/mol. The van der Waals surface area contributed by atoms with E-state index in [9.17, 15) is 4.79 Å². The molecule has 0 spiro atoms. The van der Waals surface area contributed by atoms with Crippen molar-refractivity contribution in [1.29, 1.82) is 0 Å². The quantitative estimate of drug-likeness (QED) is 0.896. The second-order valence-electron chi connectivity index (χ2n) is 4.83. The first-order valence-electron chi connectivity index (χ1n) is 6.19. The number of rotatable bonds is 3. The number of nitrogens with two attached hydrogens (primary N) is 1. The van der Waals surface area contributed by atoms with Crippen LogP contribution >= 0.6 is 24.8 Å². The molecular formula is C12H22Cl2N4O2. The van der Waals surface area contributed by atoms with E-state index in [1.807, 2.05) is 25.1 Å². The van der Waals surface area contributed by atoms with Crippen LogP contribution in [0, 0.1) is 0 Å². The smallest absolute Gasteiger partial charge is 0.224 e. The predicted octanol–water partition coefficient (Wildman–Crippen LogP) is 0.901. The van der Waals surface area contributed by atoms with Crippen LogP contribution in [-0.2, 0) is 16.6 Å². The Hall–Kier alpha value is -0.820. The van der Waals surface area contributed by atoms with E-state index in [0.29, 0.717) is 26.1 Å². The van der Waals surface area contributed by atoms with Gasteiger partial charge in [0.1, 0.15) is 6.10 Å². The van der Waals surface area contributed by atoms with Gasteiger partial charge in [-0.15, -0.1) is 24.8 Å². The van der Waals surface area contributed by atoms with Crippen LogP contribution in [0.1, 0.15) is 25.0 Å². The number of morpholine rings is 1. The molecule has 0 bridgehead atoms. The summed E-state index contributed by atoms with van der Waals surface area (Å²) in [4.78, 5) is 13.8. The molecule has 1 saturated heterocycles. The summed E-state index contributed by atoms with van der Waals surface area (Å²) in [6.45, 7) is 3.63. The van der Waals surface area contributed by atoms with Crippen molar-refractivity contribution in [3.8, 4) is 0 Å². The molecule has 6 nitrogen and oxygen atoms in total. The summed E-state index contributed by atoms with van der Waals surface area (Å²) in [5.41, 5.74) is 6.67. The van der Waals surface area contributed by atoms with Crippen molar-refractivity contribution < 1.29 is 9.53 Å². The molecule has 20 heavy (non-hydrogen) atoms. The van der Waals surface area contributed by atoms with Crippen LogP contribution in [0.4, 0.5) is 0 Å². The van der Waals surface area contributed by atoms with Crippen LogP contribution in [0.3, 0.4) is 0 Å². The van der Waals surface area contributed by atoms with Crippen molar-refractivity contribution in [3.63, 3.8) is 0 Å². The molecule has 2 heterocycles. The van der Waals surface area contributed by atoms with Crippen LogP contribution in [0.5, 0.6) is 0 Å². The Morgan fingerprint density at radius 1 is 1.60 bits per heavy atom. The fourth-order valence-corrected chi connectivity index (χ4v) is 2.09. The molecule has 1 amide bonds. The standard InChI is InChI=1S/C12H20N4O2.2ClH/c1-9(13)5-12(17)16-3-4-18-11(8-16)10-6-14-15(2)7-10;;/h6-7,9,11H,3-5,8,13H2,1-2H3;2*1H.